The van der Waals surface area contributed by atoms with Crippen LogP contribution in [0.15, 0.2) is 18.2 Å². The molecule has 0 aliphatic carbocycles. The number of esters is 1. The van der Waals surface area contributed by atoms with Gasteiger partial charge in [0.15, 0.2) is 0 Å². The van der Waals surface area contributed by atoms with Gasteiger partial charge in [-0.05, 0) is 18.1 Å². The lowest BCUT2D eigenvalue weighted by Crippen LogP contribution is -2.34. The number of benzene rings is 1. The molecule has 4 nitrogen and oxygen atoms in total. The maximum absolute atomic E-state index is 11.4. The van der Waals surface area contributed by atoms with Crippen LogP contribution in [0, 0.1) is 0 Å². The fraction of sp³-hybridized carbons (Fsp3) is 0.364. The van der Waals surface area contributed by atoms with Gasteiger partial charge in [-0.15, -0.1) is 0 Å². The van der Waals surface area contributed by atoms with E-state index in [1.54, 1.807) is 6.07 Å². The zero-order chi connectivity index (χ0) is 10.8. The van der Waals surface area contributed by atoms with Gasteiger partial charge in [-0.3, -0.25) is 0 Å². The summed E-state index contributed by atoms with van der Waals surface area (Å²) >= 11 is 0. The lowest BCUT2D eigenvalue weighted by Gasteiger charge is -2.23. The van der Waals surface area contributed by atoms with Crippen molar-refractivity contribution in [2.24, 2.45) is 5.73 Å². The molecule has 0 bridgehead atoms. The summed E-state index contributed by atoms with van der Waals surface area (Å²) in [5, 5.41) is 0. The minimum absolute atomic E-state index is 0.00500. The average molecular weight is 207 g/mol. The van der Waals surface area contributed by atoms with Crippen molar-refractivity contribution in [1.29, 1.82) is 0 Å². The Hall–Kier alpha value is -1.55. The second-order valence-electron chi connectivity index (χ2n) is 3.56. The van der Waals surface area contributed by atoms with Gasteiger partial charge in [0, 0.05) is 6.04 Å². The maximum atomic E-state index is 11.4. The molecule has 1 atom stereocenters. The van der Waals surface area contributed by atoms with E-state index in [1.807, 2.05) is 12.1 Å². The quantitative estimate of drug-likeness (QED) is 0.690. The highest BCUT2D eigenvalue weighted by atomic mass is 16.5. The minimum atomic E-state index is -0.373. The summed E-state index contributed by atoms with van der Waals surface area (Å²) in [4.78, 5) is 11.4. The van der Waals surface area contributed by atoms with Gasteiger partial charge in [-0.25, -0.2) is 4.79 Å². The van der Waals surface area contributed by atoms with E-state index in [4.69, 9.17) is 10.5 Å². The van der Waals surface area contributed by atoms with Crippen LogP contribution < -0.4 is 10.5 Å². The number of carbonyl (C=O) groups excluding carboxylic acids is 1. The first kappa shape index (κ1) is 9.98. The molecule has 0 aromatic heterocycles. The molecule has 1 unspecified atom stereocenters. The van der Waals surface area contributed by atoms with Crippen LogP contribution >= 0.6 is 0 Å². The Morgan fingerprint density at radius 1 is 1.60 bits per heavy atom. The van der Waals surface area contributed by atoms with Gasteiger partial charge in [-0.2, -0.15) is 0 Å². The van der Waals surface area contributed by atoms with Crippen molar-refractivity contribution in [2.45, 2.75) is 12.5 Å². The summed E-state index contributed by atoms with van der Waals surface area (Å²) in [5.74, 6) is 0.244. The van der Waals surface area contributed by atoms with Gasteiger partial charge in [0.05, 0.1) is 7.11 Å². The molecule has 1 aliphatic heterocycles. The first-order valence-corrected chi connectivity index (χ1v) is 4.81. The first-order chi connectivity index (χ1) is 7.22. The number of para-hydroxylation sites is 1. The normalized spacial score (nSPS) is 18.9. The lowest BCUT2D eigenvalue weighted by molar-refractivity contribution is 0.0594. The van der Waals surface area contributed by atoms with E-state index in [0.717, 1.165) is 12.0 Å². The number of ether oxygens (including phenoxy) is 2. The van der Waals surface area contributed by atoms with Crippen LogP contribution in [0.5, 0.6) is 5.75 Å². The molecule has 1 aromatic carbocycles. The van der Waals surface area contributed by atoms with Gasteiger partial charge in [0.1, 0.15) is 17.9 Å². The van der Waals surface area contributed by atoms with Crippen LogP contribution in [0.3, 0.4) is 0 Å². The number of carbonyl (C=O) groups is 1. The van der Waals surface area contributed by atoms with Gasteiger partial charge < -0.3 is 15.2 Å². The Morgan fingerprint density at radius 3 is 3.13 bits per heavy atom. The predicted molar refractivity (Wildman–Crippen MR) is 55.0 cm³/mol. The zero-order valence-electron chi connectivity index (χ0n) is 8.53. The Labute approximate surface area is 88.0 Å². The van der Waals surface area contributed by atoms with E-state index < -0.39 is 0 Å². The molecule has 0 fully saturated rings. The van der Waals surface area contributed by atoms with Crippen molar-refractivity contribution >= 4 is 5.97 Å². The Bertz CT molecular complexity index is 389. The van der Waals surface area contributed by atoms with Crippen LogP contribution in [-0.4, -0.2) is 25.7 Å². The summed E-state index contributed by atoms with van der Waals surface area (Å²) in [6.07, 6.45) is 0.736. The SMILES string of the molecule is COC(=O)c1cccc2c1OCC(N)C2. The minimum Gasteiger partial charge on any atom is -0.491 e. The van der Waals surface area contributed by atoms with Crippen molar-refractivity contribution in [3.8, 4) is 5.75 Å². The third kappa shape index (κ3) is 1.80. The molecule has 2 rings (SSSR count). The molecule has 0 radical (unpaired) electrons. The third-order valence-corrected chi connectivity index (χ3v) is 2.43. The predicted octanol–water partition coefficient (Wildman–Crippen LogP) is 0.735. The van der Waals surface area contributed by atoms with Gasteiger partial charge in [0.25, 0.3) is 0 Å². The van der Waals surface area contributed by atoms with Gasteiger partial charge >= 0.3 is 5.97 Å². The summed E-state index contributed by atoms with van der Waals surface area (Å²) in [5.41, 5.74) is 7.21. The molecule has 15 heavy (non-hydrogen) atoms. The molecule has 1 aliphatic rings. The number of rotatable bonds is 1. The topological polar surface area (TPSA) is 61.5 Å². The van der Waals surface area contributed by atoms with Crippen LogP contribution in [0.25, 0.3) is 0 Å². The summed E-state index contributed by atoms with van der Waals surface area (Å²) < 4.78 is 10.1. The van der Waals surface area contributed by atoms with Crippen molar-refractivity contribution in [3.63, 3.8) is 0 Å². The molecule has 0 saturated heterocycles. The standard InChI is InChI=1S/C11H13NO3/c1-14-11(13)9-4-2-3-7-5-8(12)6-15-10(7)9/h2-4,8H,5-6,12H2,1H3. The summed E-state index contributed by atoms with van der Waals surface area (Å²) in [6, 6.07) is 5.43. The van der Waals surface area contributed by atoms with Crippen LogP contribution in [0.1, 0.15) is 15.9 Å². The largest absolute Gasteiger partial charge is 0.491 e. The Kier molecular flexibility index (Phi) is 2.60. The van der Waals surface area contributed by atoms with Gasteiger partial charge in [0.2, 0.25) is 0 Å². The van der Waals surface area contributed by atoms with E-state index >= 15 is 0 Å². The van der Waals surface area contributed by atoms with Crippen molar-refractivity contribution in [2.75, 3.05) is 13.7 Å². The van der Waals surface area contributed by atoms with E-state index in [0.29, 0.717) is 17.9 Å². The van der Waals surface area contributed by atoms with E-state index in [1.165, 1.54) is 7.11 Å². The van der Waals surface area contributed by atoms with Crippen LogP contribution in [0.4, 0.5) is 0 Å². The smallest absolute Gasteiger partial charge is 0.341 e. The fourth-order valence-electron chi connectivity index (χ4n) is 1.72. The lowest BCUT2D eigenvalue weighted by atomic mass is 10.00. The second-order valence-corrected chi connectivity index (χ2v) is 3.56. The van der Waals surface area contributed by atoms with Crippen LogP contribution in [0.2, 0.25) is 0 Å². The first-order valence-electron chi connectivity index (χ1n) is 4.81. The molecule has 4 heteroatoms. The monoisotopic (exact) mass is 207 g/mol. The highest BCUT2D eigenvalue weighted by Gasteiger charge is 2.22. The number of fused-ring (bicyclic) bond motifs is 1. The third-order valence-electron chi connectivity index (χ3n) is 2.43. The molecule has 80 valence electrons. The molecule has 0 saturated carbocycles. The number of nitrogens with two attached hydrogens (primary N) is 1. The van der Waals surface area contributed by atoms with E-state index in [-0.39, 0.29) is 12.0 Å². The molecule has 2 N–H and O–H groups in total. The van der Waals surface area contributed by atoms with Crippen molar-refractivity contribution in [1.82, 2.24) is 0 Å². The molecular weight excluding hydrogens is 194 g/mol. The highest BCUT2D eigenvalue weighted by Crippen LogP contribution is 2.28. The van der Waals surface area contributed by atoms with E-state index in [9.17, 15) is 4.79 Å². The molecule has 1 heterocycles. The summed E-state index contributed by atoms with van der Waals surface area (Å²) in [6.45, 7) is 0.445. The average Bonchev–Trinajstić information content (AvgIpc) is 2.26. The number of hydrogen-bond acceptors (Lipinski definition) is 4. The van der Waals surface area contributed by atoms with Gasteiger partial charge in [-0.1, -0.05) is 12.1 Å². The summed E-state index contributed by atoms with van der Waals surface area (Å²) in [7, 11) is 1.36. The van der Waals surface area contributed by atoms with Crippen molar-refractivity contribution < 1.29 is 14.3 Å². The molecule has 0 spiro atoms. The van der Waals surface area contributed by atoms with Crippen LogP contribution in [-0.2, 0) is 11.2 Å². The fourth-order valence-corrected chi connectivity index (χ4v) is 1.72. The van der Waals surface area contributed by atoms with Crippen molar-refractivity contribution in [3.05, 3.63) is 29.3 Å². The molecule has 1 aromatic rings. The maximum Gasteiger partial charge on any atom is 0.341 e. The Morgan fingerprint density at radius 2 is 2.40 bits per heavy atom. The molecule has 0 amide bonds. The number of hydrogen-bond donors (Lipinski definition) is 1. The number of methoxy groups -OCH3 is 1. The highest BCUT2D eigenvalue weighted by molar-refractivity contribution is 5.93. The Balaban J connectivity index is 2.42. The zero-order valence-corrected chi connectivity index (χ0v) is 8.53. The molecular formula is C11H13NO3. The van der Waals surface area contributed by atoms with E-state index in [2.05, 4.69) is 4.74 Å². The second kappa shape index (κ2) is 3.90.